The lowest BCUT2D eigenvalue weighted by Gasteiger charge is -2.22. The Kier molecular flexibility index (Phi) is 4.27. The van der Waals surface area contributed by atoms with Crippen molar-refractivity contribution in [3.8, 4) is 0 Å². The third-order valence-corrected chi connectivity index (χ3v) is 3.87. The highest BCUT2D eigenvalue weighted by atomic mass is 79.9. The molecule has 0 spiro atoms. The molecule has 98 valence electrons. The third-order valence-electron chi connectivity index (χ3n) is 3.18. The van der Waals surface area contributed by atoms with Crippen LogP contribution in [-0.2, 0) is 0 Å². The Labute approximate surface area is 116 Å². The van der Waals surface area contributed by atoms with Gasteiger partial charge in [-0.15, -0.1) is 0 Å². The summed E-state index contributed by atoms with van der Waals surface area (Å²) in [5.74, 6) is 0.795. The summed E-state index contributed by atoms with van der Waals surface area (Å²) in [6.45, 7) is 3.80. The van der Waals surface area contributed by atoms with E-state index in [9.17, 15) is 4.79 Å². The molecule has 1 saturated carbocycles. The maximum Gasteiger partial charge on any atom is 0.255 e. The molecule has 0 saturated heterocycles. The third kappa shape index (κ3) is 3.25. The second-order valence-corrected chi connectivity index (χ2v) is 5.79. The molecular formula is C14H19BrN2O. The summed E-state index contributed by atoms with van der Waals surface area (Å²) in [7, 11) is 0. The summed E-state index contributed by atoms with van der Waals surface area (Å²) in [4.78, 5) is 14.5. The van der Waals surface area contributed by atoms with Gasteiger partial charge in [0.05, 0.1) is 5.56 Å². The van der Waals surface area contributed by atoms with E-state index in [1.54, 1.807) is 12.1 Å². The van der Waals surface area contributed by atoms with Crippen molar-refractivity contribution in [2.75, 3.05) is 18.8 Å². The minimum atomic E-state index is 0.0860. The number of hydrogen-bond donors (Lipinski definition) is 1. The fraction of sp³-hybridized carbons (Fsp3) is 0.500. The number of nitrogen functional groups attached to an aromatic ring is 1. The molecule has 1 aliphatic rings. The molecule has 0 unspecified atom stereocenters. The zero-order valence-corrected chi connectivity index (χ0v) is 12.2. The van der Waals surface area contributed by atoms with Gasteiger partial charge < -0.3 is 10.6 Å². The van der Waals surface area contributed by atoms with E-state index in [0.717, 1.165) is 24.0 Å². The van der Waals surface area contributed by atoms with Crippen LogP contribution in [0.1, 0.15) is 36.5 Å². The molecule has 1 aromatic rings. The van der Waals surface area contributed by atoms with Crippen LogP contribution in [0.25, 0.3) is 0 Å². The van der Waals surface area contributed by atoms with Gasteiger partial charge in [0, 0.05) is 23.2 Å². The first-order chi connectivity index (χ1) is 8.61. The quantitative estimate of drug-likeness (QED) is 0.848. The van der Waals surface area contributed by atoms with E-state index < -0.39 is 0 Å². The van der Waals surface area contributed by atoms with Crippen LogP contribution in [0.4, 0.5) is 5.69 Å². The van der Waals surface area contributed by atoms with E-state index in [0.29, 0.717) is 17.2 Å². The summed E-state index contributed by atoms with van der Waals surface area (Å²) in [6, 6.07) is 5.39. The Balaban J connectivity index is 2.17. The van der Waals surface area contributed by atoms with Crippen molar-refractivity contribution in [1.82, 2.24) is 4.90 Å². The molecule has 1 aliphatic carbocycles. The van der Waals surface area contributed by atoms with E-state index in [4.69, 9.17) is 5.73 Å². The van der Waals surface area contributed by atoms with Crippen molar-refractivity contribution >= 4 is 27.5 Å². The van der Waals surface area contributed by atoms with E-state index in [-0.39, 0.29) is 5.91 Å². The van der Waals surface area contributed by atoms with Crippen LogP contribution in [0.15, 0.2) is 22.7 Å². The maximum absolute atomic E-state index is 12.5. The Bertz CT molecular complexity index is 443. The SMILES string of the molecule is CCCN(CC1CC1)C(=O)c1cc(N)ccc1Br. The molecule has 0 atom stereocenters. The Morgan fingerprint density at radius 1 is 1.50 bits per heavy atom. The number of nitrogens with zero attached hydrogens (tertiary/aromatic N) is 1. The molecule has 1 amide bonds. The first kappa shape index (κ1) is 13.4. The molecular weight excluding hydrogens is 292 g/mol. The van der Waals surface area contributed by atoms with Gasteiger partial charge in [-0.05, 0) is 59.3 Å². The van der Waals surface area contributed by atoms with Crippen molar-refractivity contribution in [1.29, 1.82) is 0 Å². The van der Waals surface area contributed by atoms with Crippen LogP contribution in [-0.4, -0.2) is 23.9 Å². The molecule has 2 rings (SSSR count). The minimum absolute atomic E-state index is 0.0860. The molecule has 2 N–H and O–H groups in total. The number of amides is 1. The van der Waals surface area contributed by atoms with Crippen LogP contribution < -0.4 is 5.73 Å². The lowest BCUT2D eigenvalue weighted by Crippen LogP contribution is -2.33. The Morgan fingerprint density at radius 2 is 2.22 bits per heavy atom. The fourth-order valence-electron chi connectivity index (χ4n) is 2.03. The van der Waals surface area contributed by atoms with E-state index in [1.807, 2.05) is 11.0 Å². The molecule has 4 heteroatoms. The fourth-order valence-corrected chi connectivity index (χ4v) is 2.45. The van der Waals surface area contributed by atoms with Crippen LogP contribution in [0.2, 0.25) is 0 Å². The summed E-state index contributed by atoms with van der Waals surface area (Å²) >= 11 is 3.43. The van der Waals surface area contributed by atoms with E-state index in [2.05, 4.69) is 22.9 Å². The standard InChI is InChI=1S/C14H19BrN2O/c1-2-7-17(9-10-3-4-10)14(18)12-8-11(16)5-6-13(12)15/h5-6,8,10H,2-4,7,9,16H2,1H3. The van der Waals surface area contributed by atoms with E-state index >= 15 is 0 Å². The minimum Gasteiger partial charge on any atom is -0.399 e. The number of halogens is 1. The first-order valence-electron chi connectivity index (χ1n) is 6.46. The van der Waals surface area contributed by atoms with Crippen LogP contribution >= 0.6 is 15.9 Å². The lowest BCUT2D eigenvalue weighted by molar-refractivity contribution is 0.0747. The lowest BCUT2D eigenvalue weighted by atomic mass is 10.1. The van der Waals surface area contributed by atoms with E-state index in [1.165, 1.54) is 12.8 Å². The smallest absolute Gasteiger partial charge is 0.255 e. The zero-order chi connectivity index (χ0) is 13.1. The van der Waals surface area contributed by atoms with Gasteiger partial charge in [0.25, 0.3) is 5.91 Å². The summed E-state index contributed by atoms with van der Waals surface area (Å²) in [5.41, 5.74) is 7.06. The summed E-state index contributed by atoms with van der Waals surface area (Å²) in [5, 5.41) is 0. The van der Waals surface area contributed by atoms with Crippen molar-refractivity contribution in [2.45, 2.75) is 26.2 Å². The van der Waals surface area contributed by atoms with Crippen molar-refractivity contribution in [3.63, 3.8) is 0 Å². The normalized spacial score (nSPS) is 14.6. The molecule has 0 radical (unpaired) electrons. The molecule has 0 aromatic heterocycles. The van der Waals surface area contributed by atoms with Gasteiger partial charge in [-0.25, -0.2) is 0 Å². The van der Waals surface area contributed by atoms with Crippen molar-refractivity contribution < 1.29 is 4.79 Å². The highest BCUT2D eigenvalue weighted by molar-refractivity contribution is 9.10. The number of benzene rings is 1. The van der Waals surface area contributed by atoms with Gasteiger partial charge in [-0.2, -0.15) is 0 Å². The van der Waals surface area contributed by atoms with Gasteiger partial charge in [0.15, 0.2) is 0 Å². The summed E-state index contributed by atoms with van der Waals surface area (Å²) < 4.78 is 0.818. The second kappa shape index (κ2) is 5.74. The average molecular weight is 311 g/mol. The monoisotopic (exact) mass is 310 g/mol. The predicted molar refractivity (Wildman–Crippen MR) is 77.5 cm³/mol. The maximum atomic E-state index is 12.5. The highest BCUT2D eigenvalue weighted by Gasteiger charge is 2.27. The first-order valence-corrected chi connectivity index (χ1v) is 7.25. The number of anilines is 1. The van der Waals surface area contributed by atoms with Gasteiger partial charge >= 0.3 is 0 Å². The number of carbonyl (C=O) groups excluding carboxylic acids is 1. The second-order valence-electron chi connectivity index (χ2n) is 4.93. The Hall–Kier alpha value is -1.03. The zero-order valence-electron chi connectivity index (χ0n) is 10.7. The van der Waals surface area contributed by atoms with Gasteiger partial charge in [-0.3, -0.25) is 4.79 Å². The van der Waals surface area contributed by atoms with Gasteiger partial charge in [0.2, 0.25) is 0 Å². The number of carbonyl (C=O) groups is 1. The highest BCUT2D eigenvalue weighted by Crippen LogP contribution is 2.31. The molecule has 1 aromatic carbocycles. The number of nitrogens with two attached hydrogens (primary N) is 1. The van der Waals surface area contributed by atoms with Crippen LogP contribution in [0.5, 0.6) is 0 Å². The largest absolute Gasteiger partial charge is 0.399 e. The topological polar surface area (TPSA) is 46.3 Å². The van der Waals surface area contributed by atoms with Gasteiger partial charge in [-0.1, -0.05) is 6.92 Å². The van der Waals surface area contributed by atoms with Crippen LogP contribution in [0, 0.1) is 5.92 Å². The number of hydrogen-bond acceptors (Lipinski definition) is 2. The molecule has 18 heavy (non-hydrogen) atoms. The average Bonchev–Trinajstić information content (AvgIpc) is 3.15. The molecule has 3 nitrogen and oxygen atoms in total. The van der Waals surface area contributed by atoms with Crippen molar-refractivity contribution in [3.05, 3.63) is 28.2 Å². The molecule has 0 bridgehead atoms. The van der Waals surface area contributed by atoms with Crippen molar-refractivity contribution in [2.24, 2.45) is 5.92 Å². The molecule has 0 heterocycles. The van der Waals surface area contributed by atoms with Gasteiger partial charge in [0.1, 0.15) is 0 Å². The predicted octanol–water partition coefficient (Wildman–Crippen LogP) is 3.29. The number of rotatable bonds is 5. The molecule has 0 aliphatic heterocycles. The van der Waals surface area contributed by atoms with Crippen LogP contribution in [0.3, 0.4) is 0 Å². The summed E-state index contributed by atoms with van der Waals surface area (Å²) in [6.07, 6.45) is 3.50. The molecule has 1 fully saturated rings. The Morgan fingerprint density at radius 3 is 2.83 bits per heavy atom.